The number of halogens is 1. The van der Waals surface area contributed by atoms with Gasteiger partial charge in [-0.2, -0.15) is 0 Å². The minimum absolute atomic E-state index is 0.0700. The molecule has 0 aromatic heterocycles. The normalized spacial score (nSPS) is 10.9. The number of nitrogens with one attached hydrogen (secondary N) is 3. The van der Waals surface area contributed by atoms with E-state index in [0.717, 1.165) is 27.5 Å². The second-order valence-electron chi connectivity index (χ2n) is 8.01. The van der Waals surface area contributed by atoms with Crippen LogP contribution < -0.4 is 20.9 Å². The first kappa shape index (κ1) is 24.3. The molecule has 1 amide bonds. The molecule has 180 valence electrons. The summed E-state index contributed by atoms with van der Waals surface area (Å²) < 4.78 is 5.09. The van der Waals surface area contributed by atoms with Crippen LogP contribution in [-0.2, 0) is 19.6 Å². The van der Waals surface area contributed by atoms with Gasteiger partial charge in [0.05, 0.1) is 12.1 Å². The number of hydrazine groups is 1. The van der Waals surface area contributed by atoms with Crippen molar-refractivity contribution < 1.29 is 19.7 Å². The van der Waals surface area contributed by atoms with Gasteiger partial charge in [-0.25, -0.2) is 5.43 Å². The molecule has 5 N–H and O–H groups in total. The van der Waals surface area contributed by atoms with Gasteiger partial charge in [0.25, 0.3) is 5.91 Å². The van der Waals surface area contributed by atoms with Crippen LogP contribution in [0.4, 0.5) is 0 Å². The molecule has 0 unspecified atom stereocenters. The van der Waals surface area contributed by atoms with E-state index in [2.05, 4.69) is 34.4 Å². The van der Waals surface area contributed by atoms with Crippen LogP contribution in [0, 0.1) is 0 Å². The number of phenols is 2. The van der Waals surface area contributed by atoms with Crippen molar-refractivity contribution in [2.75, 3.05) is 7.11 Å². The summed E-state index contributed by atoms with van der Waals surface area (Å²) in [6.45, 7) is 1.68. The Bertz CT molecular complexity index is 1360. The van der Waals surface area contributed by atoms with E-state index in [4.69, 9.17) is 16.3 Å². The number of phenolic OH excluding ortho intramolecular Hbond substituents is 2. The van der Waals surface area contributed by atoms with Crippen LogP contribution >= 0.6 is 11.6 Å². The molecule has 0 heterocycles. The first-order valence-electron chi connectivity index (χ1n) is 11.0. The minimum atomic E-state index is -0.346. The quantitative estimate of drug-likeness (QED) is 0.219. The van der Waals surface area contributed by atoms with E-state index in [1.807, 2.05) is 24.3 Å². The highest BCUT2D eigenvalue weighted by molar-refractivity contribution is 6.32. The number of ether oxygens (including phenoxy) is 1. The Morgan fingerprint density at radius 2 is 1.57 bits per heavy atom. The largest absolute Gasteiger partial charge is 0.506 e. The SMILES string of the molecule is COc1ccc(CNCc2ccc(CNNC(=O)c3ccc(O)c(Cl)c3)c3ccccc23)cc1O. The topological polar surface area (TPSA) is 103 Å². The predicted molar refractivity (Wildman–Crippen MR) is 137 cm³/mol. The zero-order valence-electron chi connectivity index (χ0n) is 19.1. The Labute approximate surface area is 208 Å². The fourth-order valence-electron chi connectivity index (χ4n) is 3.86. The monoisotopic (exact) mass is 491 g/mol. The number of carbonyl (C=O) groups is 1. The van der Waals surface area contributed by atoms with E-state index >= 15 is 0 Å². The third-order valence-electron chi connectivity index (χ3n) is 5.68. The number of rotatable bonds is 9. The van der Waals surface area contributed by atoms with Gasteiger partial charge in [-0.15, -0.1) is 0 Å². The lowest BCUT2D eigenvalue weighted by atomic mass is 9.99. The highest BCUT2D eigenvalue weighted by Gasteiger charge is 2.10. The van der Waals surface area contributed by atoms with Gasteiger partial charge in [0.1, 0.15) is 5.75 Å². The first-order valence-corrected chi connectivity index (χ1v) is 11.4. The van der Waals surface area contributed by atoms with E-state index in [1.54, 1.807) is 12.1 Å². The number of hydrogen-bond donors (Lipinski definition) is 5. The highest BCUT2D eigenvalue weighted by atomic mass is 35.5. The fraction of sp³-hybridized carbons (Fsp3) is 0.148. The Kier molecular flexibility index (Phi) is 7.72. The standard InChI is InChI=1S/C27H26ClN3O4/c1-35-26-11-6-17(12-25(26)33)14-29-15-19-7-8-20(22-5-3-2-4-21(19)22)16-30-31-27(34)18-9-10-24(32)23(28)13-18/h2-13,29-30,32-33H,14-16H2,1H3,(H,31,34). The zero-order valence-corrected chi connectivity index (χ0v) is 19.9. The molecule has 0 atom stereocenters. The van der Waals surface area contributed by atoms with Crippen molar-refractivity contribution >= 4 is 28.3 Å². The molecule has 0 aliphatic heterocycles. The van der Waals surface area contributed by atoms with E-state index in [-0.39, 0.29) is 22.4 Å². The smallest absolute Gasteiger partial charge is 0.265 e. The van der Waals surface area contributed by atoms with Gasteiger partial charge in [0, 0.05) is 25.2 Å². The number of aromatic hydroxyl groups is 2. The number of fused-ring (bicyclic) bond motifs is 1. The molecule has 7 nitrogen and oxygen atoms in total. The molecule has 4 rings (SSSR count). The van der Waals surface area contributed by atoms with Crippen molar-refractivity contribution in [2.24, 2.45) is 0 Å². The van der Waals surface area contributed by atoms with Crippen molar-refractivity contribution in [1.82, 2.24) is 16.2 Å². The van der Waals surface area contributed by atoms with E-state index in [9.17, 15) is 15.0 Å². The summed E-state index contributed by atoms with van der Waals surface area (Å²) in [4.78, 5) is 12.4. The summed E-state index contributed by atoms with van der Waals surface area (Å²) in [5, 5.41) is 25.2. The number of carbonyl (C=O) groups excluding carboxylic acids is 1. The number of amides is 1. The van der Waals surface area contributed by atoms with Crippen molar-refractivity contribution in [3.8, 4) is 17.2 Å². The van der Waals surface area contributed by atoms with Gasteiger partial charge in [0.2, 0.25) is 0 Å². The Morgan fingerprint density at radius 1 is 0.857 bits per heavy atom. The van der Waals surface area contributed by atoms with E-state index in [0.29, 0.717) is 30.9 Å². The number of methoxy groups -OCH3 is 1. The highest BCUT2D eigenvalue weighted by Crippen LogP contribution is 2.27. The van der Waals surface area contributed by atoms with Gasteiger partial charge in [0.15, 0.2) is 11.5 Å². The van der Waals surface area contributed by atoms with Gasteiger partial charge in [-0.05, 0) is 57.8 Å². The number of benzene rings is 4. The summed E-state index contributed by atoms with van der Waals surface area (Å²) in [5.74, 6) is 0.155. The maximum atomic E-state index is 12.4. The average molecular weight is 492 g/mol. The predicted octanol–water partition coefficient (Wildman–Crippen LogP) is 4.64. The third-order valence-corrected chi connectivity index (χ3v) is 5.99. The molecule has 0 fully saturated rings. The molecule has 0 aliphatic rings. The molecule has 0 saturated heterocycles. The summed E-state index contributed by atoms with van der Waals surface area (Å²) in [6, 6.07) is 21.9. The molecular formula is C27H26ClN3O4. The van der Waals surface area contributed by atoms with Gasteiger partial charge in [-0.3, -0.25) is 10.2 Å². The lowest BCUT2D eigenvalue weighted by Crippen LogP contribution is -2.36. The number of hydrogen-bond acceptors (Lipinski definition) is 6. The third kappa shape index (κ3) is 5.84. The van der Waals surface area contributed by atoms with Crippen LogP contribution in [0.3, 0.4) is 0 Å². The minimum Gasteiger partial charge on any atom is -0.506 e. The Hall–Kier alpha value is -3.78. The van der Waals surface area contributed by atoms with Crippen LogP contribution in [0.5, 0.6) is 17.2 Å². The van der Waals surface area contributed by atoms with E-state index in [1.165, 1.54) is 25.3 Å². The fourth-order valence-corrected chi connectivity index (χ4v) is 4.04. The van der Waals surface area contributed by atoms with Crippen molar-refractivity contribution in [1.29, 1.82) is 0 Å². The van der Waals surface area contributed by atoms with Crippen molar-refractivity contribution in [2.45, 2.75) is 19.6 Å². The van der Waals surface area contributed by atoms with Crippen LogP contribution in [0.2, 0.25) is 5.02 Å². The molecule has 0 spiro atoms. The lowest BCUT2D eigenvalue weighted by molar-refractivity contribution is 0.0932. The Balaban J connectivity index is 1.39. The Morgan fingerprint density at radius 3 is 2.23 bits per heavy atom. The molecular weight excluding hydrogens is 466 g/mol. The van der Waals surface area contributed by atoms with Crippen molar-refractivity contribution in [3.05, 3.63) is 100 Å². The molecule has 4 aromatic rings. The summed E-state index contributed by atoms with van der Waals surface area (Å²) in [6.07, 6.45) is 0. The van der Waals surface area contributed by atoms with Crippen molar-refractivity contribution in [3.63, 3.8) is 0 Å². The van der Waals surface area contributed by atoms with Crippen LogP contribution in [0.1, 0.15) is 27.0 Å². The summed E-state index contributed by atoms with van der Waals surface area (Å²) in [5.41, 5.74) is 9.12. The molecule has 4 aromatic carbocycles. The maximum absolute atomic E-state index is 12.4. The molecule has 8 heteroatoms. The van der Waals surface area contributed by atoms with Crippen LogP contribution in [-0.4, -0.2) is 23.2 Å². The van der Waals surface area contributed by atoms with Crippen LogP contribution in [0.15, 0.2) is 72.8 Å². The van der Waals surface area contributed by atoms with Gasteiger partial charge >= 0.3 is 0 Å². The average Bonchev–Trinajstić information content (AvgIpc) is 2.86. The second-order valence-corrected chi connectivity index (χ2v) is 8.42. The maximum Gasteiger partial charge on any atom is 0.265 e. The molecule has 0 aliphatic carbocycles. The summed E-state index contributed by atoms with van der Waals surface area (Å²) in [7, 11) is 1.52. The molecule has 0 saturated carbocycles. The molecule has 35 heavy (non-hydrogen) atoms. The molecule has 0 radical (unpaired) electrons. The lowest BCUT2D eigenvalue weighted by Gasteiger charge is -2.14. The van der Waals surface area contributed by atoms with Gasteiger partial charge < -0.3 is 20.3 Å². The van der Waals surface area contributed by atoms with Crippen LogP contribution in [0.25, 0.3) is 10.8 Å². The van der Waals surface area contributed by atoms with E-state index < -0.39 is 0 Å². The second kappa shape index (κ2) is 11.1. The molecule has 0 bridgehead atoms. The first-order chi connectivity index (χ1) is 17.0. The van der Waals surface area contributed by atoms with Gasteiger partial charge in [-0.1, -0.05) is 54.1 Å². The summed E-state index contributed by atoms with van der Waals surface area (Å²) >= 11 is 5.89. The zero-order chi connectivity index (χ0) is 24.8.